The fraction of sp³-hybridized carbons (Fsp3) is 0.650. The summed E-state index contributed by atoms with van der Waals surface area (Å²) in [6.07, 6.45) is -0.890. The number of rotatable bonds is 9. The molecule has 1 saturated heterocycles. The van der Waals surface area contributed by atoms with Crippen LogP contribution >= 0.6 is 0 Å². The highest BCUT2D eigenvalue weighted by Crippen LogP contribution is 2.28. The molecule has 5 atom stereocenters. The van der Waals surface area contributed by atoms with Crippen molar-refractivity contribution < 1.29 is 47.7 Å². The van der Waals surface area contributed by atoms with E-state index in [-0.39, 0.29) is 13.0 Å². The predicted molar refractivity (Wildman–Crippen MR) is 104 cm³/mol. The molecule has 0 radical (unpaired) electrons. The fourth-order valence-electron chi connectivity index (χ4n) is 2.96. The number of esters is 4. The standard InChI is InChI=1S/C20H29NO10/c1-6-7-8-9-16(26)21-17-19(29-13(4)24)18(28-12(3)23)15(10-27-11(2)22)31-20(17)30-14(5)25/h6-7,15,17-20H,8-10H2,1-5H3,(H,21,26)/b7-6+/t15-,17-,18-,19-,20-/m1/s1. The van der Waals surface area contributed by atoms with Crippen molar-refractivity contribution in [3.8, 4) is 0 Å². The first-order valence-electron chi connectivity index (χ1n) is 9.76. The van der Waals surface area contributed by atoms with Gasteiger partial charge in [-0.15, -0.1) is 0 Å². The predicted octanol–water partition coefficient (Wildman–Crippen LogP) is 0.542. The van der Waals surface area contributed by atoms with Crippen LogP contribution in [0.4, 0.5) is 0 Å². The third-order valence-corrected chi connectivity index (χ3v) is 4.08. The average Bonchev–Trinajstić information content (AvgIpc) is 2.64. The Morgan fingerprint density at radius 3 is 1.97 bits per heavy atom. The molecule has 0 saturated carbocycles. The van der Waals surface area contributed by atoms with E-state index in [1.807, 2.05) is 6.92 Å². The zero-order valence-electron chi connectivity index (χ0n) is 18.2. The lowest BCUT2D eigenvalue weighted by molar-refractivity contribution is -0.271. The molecule has 0 aromatic rings. The van der Waals surface area contributed by atoms with Crippen molar-refractivity contribution in [3.05, 3.63) is 12.2 Å². The van der Waals surface area contributed by atoms with Crippen LogP contribution in [-0.4, -0.2) is 67.0 Å². The Balaban J connectivity index is 3.27. The van der Waals surface area contributed by atoms with Crippen molar-refractivity contribution in [2.75, 3.05) is 6.61 Å². The average molecular weight is 443 g/mol. The van der Waals surface area contributed by atoms with Gasteiger partial charge in [-0.05, 0) is 13.3 Å². The maximum atomic E-state index is 12.4. The van der Waals surface area contributed by atoms with Crippen LogP contribution in [0.15, 0.2) is 12.2 Å². The lowest BCUT2D eigenvalue weighted by Gasteiger charge is -2.44. The second kappa shape index (κ2) is 12.7. The molecule has 174 valence electrons. The smallest absolute Gasteiger partial charge is 0.305 e. The quantitative estimate of drug-likeness (QED) is 0.305. The molecule has 0 spiro atoms. The molecule has 0 bridgehead atoms. The van der Waals surface area contributed by atoms with Gasteiger partial charge in [0.15, 0.2) is 12.2 Å². The van der Waals surface area contributed by atoms with Gasteiger partial charge in [0.05, 0.1) is 0 Å². The minimum atomic E-state index is -1.39. The molecule has 0 unspecified atom stereocenters. The third-order valence-electron chi connectivity index (χ3n) is 4.08. The summed E-state index contributed by atoms with van der Waals surface area (Å²) < 4.78 is 26.4. The van der Waals surface area contributed by atoms with Gasteiger partial charge >= 0.3 is 23.9 Å². The summed E-state index contributed by atoms with van der Waals surface area (Å²) in [6, 6.07) is -1.18. The summed E-state index contributed by atoms with van der Waals surface area (Å²) in [5.74, 6) is -3.23. The van der Waals surface area contributed by atoms with Crippen LogP contribution in [0.1, 0.15) is 47.5 Å². The second-order valence-electron chi connectivity index (χ2n) is 6.80. The summed E-state index contributed by atoms with van der Waals surface area (Å²) in [5.41, 5.74) is 0. The van der Waals surface area contributed by atoms with E-state index in [1.165, 1.54) is 6.92 Å². The van der Waals surface area contributed by atoms with Crippen LogP contribution in [-0.2, 0) is 47.7 Å². The molecule has 1 N–H and O–H groups in total. The van der Waals surface area contributed by atoms with Crippen molar-refractivity contribution in [3.63, 3.8) is 0 Å². The van der Waals surface area contributed by atoms with Crippen LogP contribution < -0.4 is 5.32 Å². The van der Waals surface area contributed by atoms with E-state index >= 15 is 0 Å². The summed E-state index contributed by atoms with van der Waals surface area (Å²) in [7, 11) is 0. The van der Waals surface area contributed by atoms with E-state index < -0.39 is 60.4 Å². The van der Waals surface area contributed by atoms with E-state index in [4.69, 9.17) is 23.7 Å². The molecule has 0 aromatic carbocycles. The Morgan fingerprint density at radius 1 is 0.871 bits per heavy atom. The van der Waals surface area contributed by atoms with Crippen molar-refractivity contribution in [2.24, 2.45) is 0 Å². The molecule has 31 heavy (non-hydrogen) atoms. The molecule has 1 aliphatic heterocycles. The second-order valence-corrected chi connectivity index (χ2v) is 6.80. The molecule has 1 heterocycles. The maximum Gasteiger partial charge on any atom is 0.305 e. The number of allylic oxidation sites excluding steroid dienone is 2. The van der Waals surface area contributed by atoms with Crippen LogP contribution in [0.2, 0.25) is 0 Å². The van der Waals surface area contributed by atoms with Gasteiger partial charge in [-0.3, -0.25) is 24.0 Å². The summed E-state index contributed by atoms with van der Waals surface area (Å²) in [5, 5.41) is 2.63. The first-order chi connectivity index (χ1) is 14.5. The van der Waals surface area contributed by atoms with E-state index in [2.05, 4.69) is 5.32 Å². The lowest BCUT2D eigenvalue weighted by atomic mass is 9.95. The number of ether oxygens (including phenoxy) is 5. The van der Waals surface area contributed by atoms with Crippen molar-refractivity contribution in [2.45, 2.75) is 78.1 Å². The zero-order valence-corrected chi connectivity index (χ0v) is 18.2. The maximum absolute atomic E-state index is 12.4. The van der Waals surface area contributed by atoms with Crippen LogP contribution in [0.25, 0.3) is 0 Å². The van der Waals surface area contributed by atoms with Gasteiger partial charge in [-0.2, -0.15) is 0 Å². The Labute approximate surface area is 180 Å². The first kappa shape index (κ1) is 26.1. The van der Waals surface area contributed by atoms with E-state index in [9.17, 15) is 24.0 Å². The lowest BCUT2D eigenvalue weighted by Crippen LogP contribution is -2.67. The van der Waals surface area contributed by atoms with E-state index in [0.717, 1.165) is 20.8 Å². The van der Waals surface area contributed by atoms with Gasteiger partial charge < -0.3 is 29.0 Å². The zero-order chi connectivity index (χ0) is 23.6. The van der Waals surface area contributed by atoms with Crippen LogP contribution in [0.5, 0.6) is 0 Å². The van der Waals surface area contributed by atoms with Crippen molar-refractivity contribution in [1.82, 2.24) is 5.32 Å². The van der Waals surface area contributed by atoms with E-state index in [0.29, 0.717) is 6.42 Å². The van der Waals surface area contributed by atoms with Gasteiger partial charge in [-0.25, -0.2) is 0 Å². The molecule has 1 rings (SSSR count). The van der Waals surface area contributed by atoms with Crippen molar-refractivity contribution >= 4 is 29.8 Å². The fourth-order valence-corrected chi connectivity index (χ4v) is 2.96. The Morgan fingerprint density at radius 2 is 1.45 bits per heavy atom. The van der Waals surface area contributed by atoms with Gasteiger partial charge in [-0.1, -0.05) is 12.2 Å². The topological polar surface area (TPSA) is 144 Å². The minimum Gasteiger partial charge on any atom is -0.463 e. The highest BCUT2D eigenvalue weighted by molar-refractivity contribution is 5.77. The van der Waals surface area contributed by atoms with Gasteiger partial charge in [0, 0.05) is 34.1 Å². The Hall–Kier alpha value is -2.95. The van der Waals surface area contributed by atoms with Crippen LogP contribution in [0, 0.1) is 0 Å². The van der Waals surface area contributed by atoms with Crippen LogP contribution in [0.3, 0.4) is 0 Å². The van der Waals surface area contributed by atoms with E-state index in [1.54, 1.807) is 12.2 Å². The van der Waals surface area contributed by atoms with Gasteiger partial charge in [0.2, 0.25) is 12.2 Å². The number of hydrogen-bond acceptors (Lipinski definition) is 10. The molecule has 1 fully saturated rings. The third kappa shape index (κ3) is 9.16. The summed E-state index contributed by atoms with van der Waals surface area (Å²) in [4.78, 5) is 58.7. The molecule has 1 amide bonds. The SMILES string of the molecule is C/C=C/CCC(=O)N[C@H]1[C@H](OC(C)=O)O[C@H](COC(C)=O)[C@@H](OC(C)=O)[C@@H]1OC(C)=O. The molecule has 0 aromatic heterocycles. The molecule has 11 heteroatoms. The highest BCUT2D eigenvalue weighted by Gasteiger charge is 2.52. The number of nitrogens with one attached hydrogen (secondary N) is 1. The molecule has 11 nitrogen and oxygen atoms in total. The number of carbonyl (C=O) groups is 5. The minimum absolute atomic E-state index is 0.107. The summed E-state index contributed by atoms with van der Waals surface area (Å²) in [6.45, 7) is 6.01. The molecular formula is C20H29NO10. The van der Waals surface area contributed by atoms with Gasteiger partial charge in [0.25, 0.3) is 0 Å². The largest absolute Gasteiger partial charge is 0.463 e. The molecule has 0 aliphatic carbocycles. The molecule has 1 aliphatic rings. The monoisotopic (exact) mass is 443 g/mol. The molecular weight excluding hydrogens is 414 g/mol. The summed E-state index contributed by atoms with van der Waals surface area (Å²) >= 11 is 0. The Kier molecular flexibility index (Phi) is 10.7. The number of carbonyl (C=O) groups excluding carboxylic acids is 5. The number of amides is 1. The van der Waals surface area contributed by atoms with Gasteiger partial charge in [0.1, 0.15) is 18.8 Å². The Bertz CT molecular complexity index is 704. The highest BCUT2D eigenvalue weighted by atomic mass is 16.7. The van der Waals surface area contributed by atoms with Crippen molar-refractivity contribution in [1.29, 1.82) is 0 Å². The first-order valence-corrected chi connectivity index (χ1v) is 9.76. The normalized spacial score (nSPS) is 25.4. The number of hydrogen-bond donors (Lipinski definition) is 1.